The van der Waals surface area contributed by atoms with E-state index in [-0.39, 0.29) is 24.9 Å². The number of imide groups is 1. The zero-order valence-electron chi connectivity index (χ0n) is 13.9. The number of aliphatic hydroxyl groups is 1. The smallest absolute Gasteiger partial charge is 0.321 e. The van der Waals surface area contributed by atoms with Gasteiger partial charge in [0.05, 0.1) is 18.8 Å². The van der Waals surface area contributed by atoms with Crippen LogP contribution in [-0.4, -0.2) is 54.1 Å². The minimum absolute atomic E-state index is 0.0354. The molecule has 0 unspecified atom stereocenters. The molecule has 2 aliphatic rings. The molecule has 1 aromatic carbocycles. The van der Waals surface area contributed by atoms with Gasteiger partial charge in [-0.3, -0.25) is 19.4 Å². The summed E-state index contributed by atoms with van der Waals surface area (Å²) in [6, 6.07) is 5.28. The third-order valence-corrected chi connectivity index (χ3v) is 4.28. The third kappa shape index (κ3) is 3.20. The molecule has 0 aliphatic carbocycles. The summed E-state index contributed by atoms with van der Waals surface area (Å²) in [5.74, 6) is -0.926. The second-order valence-corrected chi connectivity index (χ2v) is 5.89. The number of carbonyl (C=O) groups excluding carboxylic acids is 3. The first-order chi connectivity index (χ1) is 12.0. The number of hydrogen-bond acceptors (Lipinski definition) is 5. The number of benzene rings is 1. The fourth-order valence-corrected chi connectivity index (χ4v) is 2.97. The summed E-state index contributed by atoms with van der Waals surface area (Å²) in [6.45, 7) is 2.83. The molecular formula is C17H20N4O4. The summed E-state index contributed by atoms with van der Waals surface area (Å²) in [7, 11) is 0. The maximum atomic E-state index is 12.2. The van der Waals surface area contributed by atoms with E-state index in [9.17, 15) is 14.4 Å². The number of rotatable bonds is 5. The average Bonchev–Trinajstić information content (AvgIpc) is 2.85. The van der Waals surface area contributed by atoms with E-state index in [0.29, 0.717) is 18.8 Å². The lowest BCUT2D eigenvalue weighted by Crippen LogP contribution is -2.46. The molecule has 4 amide bonds. The summed E-state index contributed by atoms with van der Waals surface area (Å²) in [5, 5.41) is 14.7. The number of β-amino-alcohol motifs (C(OH)–C–C–N with tert-alkyl or cyclic N) is 1. The highest BCUT2D eigenvalue weighted by Gasteiger charge is 2.31. The molecule has 1 aromatic rings. The van der Waals surface area contributed by atoms with Crippen molar-refractivity contribution < 1.29 is 19.5 Å². The van der Waals surface area contributed by atoms with E-state index < -0.39 is 11.8 Å². The van der Waals surface area contributed by atoms with Gasteiger partial charge in [-0.1, -0.05) is 6.07 Å². The summed E-state index contributed by atoms with van der Waals surface area (Å²) in [6.07, 6.45) is 2.08. The Morgan fingerprint density at radius 2 is 2.08 bits per heavy atom. The number of urea groups is 1. The van der Waals surface area contributed by atoms with Gasteiger partial charge in [0.2, 0.25) is 0 Å². The first-order valence-electron chi connectivity index (χ1n) is 8.13. The van der Waals surface area contributed by atoms with Gasteiger partial charge in [0.25, 0.3) is 11.8 Å². The molecular weight excluding hydrogens is 324 g/mol. The number of amides is 4. The predicted octanol–water partition coefficient (Wildman–Crippen LogP) is 0.572. The zero-order chi connectivity index (χ0) is 18.0. The second-order valence-electron chi connectivity index (χ2n) is 5.89. The number of aliphatic hydroxyl groups excluding tert-OH is 1. The zero-order valence-corrected chi connectivity index (χ0v) is 13.9. The van der Waals surface area contributed by atoms with E-state index in [1.54, 1.807) is 17.0 Å². The molecule has 0 aromatic heterocycles. The normalized spacial score (nSPS) is 17.7. The fraction of sp³-hybridized carbons (Fsp3) is 0.353. The summed E-state index contributed by atoms with van der Waals surface area (Å²) in [4.78, 5) is 38.8. The van der Waals surface area contributed by atoms with Gasteiger partial charge in [-0.15, -0.1) is 0 Å². The Balaban J connectivity index is 1.83. The molecule has 2 aliphatic heterocycles. The van der Waals surface area contributed by atoms with E-state index in [0.717, 1.165) is 22.6 Å². The first-order valence-corrected chi connectivity index (χ1v) is 8.13. The Morgan fingerprint density at radius 1 is 1.28 bits per heavy atom. The van der Waals surface area contributed by atoms with Gasteiger partial charge in [0.15, 0.2) is 0 Å². The molecule has 1 saturated heterocycles. The van der Waals surface area contributed by atoms with Crippen LogP contribution in [0.4, 0.5) is 16.2 Å². The number of hydrogen-bond donors (Lipinski definition) is 3. The fourth-order valence-electron chi connectivity index (χ4n) is 2.97. The lowest BCUT2D eigenvalue weighted by Gasteiger charge is -2.29. The monoisotopic (exact) mass is 344 g/mol. The lowest BCUT2D eigenvalue weighted by molar-refractivity contribution is -0.137. The van der Waals surface area contributed by atoms with Crippen LogP contribution in [-0.2, 0) is 9.59 Å². The van der Waals surface area contributed by atoms with Gasteiger partial charge < -0.3 is 15.7 Å². The molecule has 0 atom stereocenters. The van der Waals surface area contributed by atoms with Gasteiger partial charge in [-0.25, -0.2) is 4.79 Å². The van der Waals surface area contributed by atoms with Crippen molar-refractivity contribution in [3.8, 4) is 0 Å². The van der Waals surface area contributed by atoms with E-state index in [2.05, 4.69) is 10.6 Å². The maximum Gasteiger partial charge on any atom is 0.321 e. The van der Waals surface area contributed by atoms with Crippen molar-refractivity contribution >= 4 is 29.2 Å². The van der Waals surface area contributed by atoms with Crippen LogP contribution in [0.5, 0.6) is 0 Å². The predicted molar refractivity (Wildman–Crippen MR) is 92.1 cm³/mol. The van der Waals surface area contributed by atoms with Gasteiger partial charge >= 0.3 is 6.03 Å². The van der Waals surface area contributed by atoms with Crippen molar-refractivity contribution in [1.29, 1.82) is 0 Å². The van der Waals surface area contributed by atoms with Gasteiger partial charge in [-0.2, -0.15) is 0 Å². The number of nitrogens with one attached hydrogen (secondary N) is 2. The van der Waals surface area contributed by atoms with Gasteiger partial charge in [0, 0.05) is 24.9 Å². The lowest BCUT2D eigenvalue weighted by atomic mass is 10.1. The van der Waals surface area contributed by atoms with Crippen molar-refractivity contribution in [2.24, 2.45) is 0 Å². The van der Waals surface area contributed by atoms with Crippen LogP contribution < -0.4 is 15.5 Å². The third-order valence-electron chi connectivity index (χ3n) is 4.28. The van der Waals surface area contributed by atoms with Crippen LogP contribution in [0.15, 0.2) is 30.0 Å². The molecule has 0 bridgehead atoms. The van der Waals surface area contributed by atoms with Gasteiger partial charge in [-0.05, 0) is 31.0 Å². The van der Waals surface area contributed by atoms with E-state index >= 15 is 0 Å². The quantitative estimate of drug-likeness (QED) is 0.678. The first kappa shape index (κ1) is 17.0. The SMILES string of the molecule is Cc1c(NC2=CC(=O)N(CCO)C2=O)cccc1N1CCCNC1=O. The van der Waals surface area contributed by atoms with E-state index in [1.807, 2.05) is 13.0 Å². The molecule has 2 heterocycles. The van der Waals surface area contributed by atoms with Crippen LogP contribution in [0.3, 0.4) is 0 Å². The molecule has 3 rings (SSSR count). The topological polar surface area (TPSA) is 102 Å². The minimum Gasteiger partial charge on any atom is -0.395 e. The van der Waals surface area contributed by atoms with E-state index in [1.165, 1.54) is 6.08 Å². The maximum absolute atomic E-state index is 12.2. The number of carbonyl (C=O) groups is 3. The van der Waals surface area contributed by atoms with Crippen LogP contribution in [0.1, 0.15) is 12.0 Å². The van der Waals surface area contributed by atoms with Crippen LogP contribution >= 0.6 is 0 Å². The second kappa shape index (κ2) is 6.94. The number of nitrogens with zero attached hydrogens (tertiary/aromatic N) is 2. The molecule has 0 spiro atoms. The molecule has 8 heteroatoms. The molecule has 132 valence electrons. The standard InChI is InChI=1S/C17H20N4O4/c1-11-12(19-13-10-15(23)21(8-9-22)16(13)24)4-2-5-14(11)20-7-3-6-18-17(20)25/h2,4-5,10,19,22H,3,6-9H2,1H3,(H,18,25). The highest BCUT2D eigenvalue weighted by molar-refractivity contribution is 6.17. The Bertz CT molecular complexity index is 759. The molecule has 25 heavy (non-hydrogen) atoms. The highest BCUT2D eigenvalue weighted by Crippen LogP contribution is 2.29. The molecule has 0 saturated carbocycles. The van der Waals surface area contributed by atoms with Crippen molar-refractivity contribution in [1.82, 2.24) is 10.2 Å². The van der Waals surface area contributed by atoms with Crippen molar-refractivity contribution in [2.75, 3.05) is 36.5 Å². The van der Waals surface area contributed by atoms with Gasteiger partial charge in [0.1, 0.15) is 5.70 Å². The molecule has 0 radical (unpaired) electrons. The average molecular weight is 344 g/mol. The van der Waals surface area contributed by atoms with Crippen LogP contribution in [0, 0.1) is 6.92 Å². The largest absolute Gasteiger partial charge is 0.395 e. The van der Waals surface area contributed by atoms with Crippen LogP contribution in [0.2, 0.25) is 0 Å². The van der Waals surface area contributed by atoms with Crippen molar-refractivity contribution in [2.45, 2.75) is 13.3 Å². The minimum atomic E-state index is -0.473. The Hall–Kier alpha value is -2.87. The number of anilines is 2. The molecule has 1 fully saturated rings. The molecule has 8 nitrogen and oxygen atoms in total. The Labute approximate surface area is 145 Å². The highest BCUT2D eigenvalue weighted by atomic mass is 16.3. The van der Waals surface area contributed by atoms with Crippen molar-refractivity contribution in [3.05, 3.63) is 35.5 Å². The summed E-state index contributed by atoms with van der Waals surface area (Å²) < 4.78 is 0. The molecule has 3 N–H and O–H groups in total. The summed E-state index contributed by atoms with van der Waals surface area (Å²) >= 11 is 0. The summed E-state index contributed by atoms with van der Waals surface area (Å²) in [5.41, 5.74) is 2.36. The Morgan fingerprint density at radius 3 is 2.80 bits per heavy atom. The van der Waals surface area contributed by atoms with Crippen LogP contribution in [0.25, 0.3) is 0 Å². The van der Waals surface area contributed by atoms with E-state index in [4.69, 9.17) is 5.11 Å². The Kier molecular flexibility index (Phi) is 4.71. The van der Waals surface area contributed by atoms with Crippen molar-refractivity contribution in [3.63, 3.8) is 0 Å².